The molecule has 0 aromatic heterocycles. The summed E-state index contributed by atoms with van der Waals surface area (Å²) in [7, 11) is 0. The highest BCUT2D eigenvalue weighted by Gasteiger charge is 2.38. The average Bonchev–Trinajstić information content (AvgIpc) is 2.85. The summed E-state index contributed by atoms with van der Waals surface area (Å²) in [4.78, 5) is 40.4. The van der Waals surface area contributed by atoms with E-state index in [4.69, 9.17) is 21.4 Å². The van der Waals surface area contributed by atoms with Crippen molar-refractivity contribution < 1.29 is 28.6 Å². The lowest BCUT2D eigenvalue weighted by Crippen LogP contribution is -2.47. The third kappa shape index (κ3) is 5.04. The van der Waals surface area contributed by atoms with Gasteiger partial charge in [0, 0.05) is 34.9 Å². The number of amides is 2. The first-order valence-electron chi connectivity index (χ1n) is 11.3. The van der Waals surface area contributed by atoms with Crippen molar-refractivity contribution in [3.63, 3.8) is 0 Å². The molecular formula is C27H24ClFN2O5. The van der Waals surface area contributed by atoms with E-state index in [-0.39, 0.29) is 29.6 Å². The number of alkyl halides is 1. The van der Waals surface area contributed by atoms with E-state index in [9.17, 15) is 18.8 Å². The second-order valence-electron chi connectivity index (χ2n) is 8.50. The molecule has 0 radical (unpaired) electrons. The lowest BCUT2D eigenvalue weighted by Gasteiger charge is -2.43. The van der Waals surface area contributed by atoms with Crippen LogP contribution in [-0.4, -0.2) is 35.3 Å². The minimum Gasteiger partial charge on any atom is -0.476 e. The molecule has 3 atom stereocenters. The molecule has 0 spiro atoms. The van der Waals surface area contributed by atoms with Crippen LogP contribution in [0.3, 0.4) is 0 Å². The van der Waals surface area contributed by atoms with E-state index in [0.717, 1.165) is 5.56 Å². The van der Waals surface area contributed by atoms with E-state index in [0.29, 0.717) is 28.4 Å². The molecule has 0 aliphatic carbocycles. The van der Waals surface area contributed by atoms with Gasteiger partial charge in [0.2, 0.25) is 5.91 Å². The second kappa shape index (κ2) is 10.4. The number of anilines is 2. The molecule has 36 heavy (non-hydrogen) atoms. The lowest BCUT2D eigenvalue weighted by molar-refractivity contribution is -0.153. The molecule has 0 bridgehead atoms. The van der Waals surface area contributed by atoms with E-state index < -0.39 is 12.3 Å². The van der Waals surface area contributed by atoms with Gasteiger partial charge in [-0.3, -0.25) is 9.59 Å². The van der Waals surface area contributed by atoms with Gasteiger partial charge >= 0.3 is 12.3 Å². The molecule has 3 aromatic rings. The minimum atomic E-state index is -2.50. The zero-order valence-corrected chi connectivity index (χ0v) is 20.4. The monoisotopic (exact) mass is 510 g/mol. The predicted molar refractivity (Wildman–Crippen MR) is 134 cm³/mol. The Morgan fingerprint density at radius 1 is 1.06 bits per heavy atom. The topological polar surface area (TPSA) is 87.2 Å². The third-order valence-electron chi connectivity index (χ3n) is 6.07. The molecule has 1 heterocycles. The van der Waals surface area contributed by atoms with Gasteiger partial charge in [-0.1, -0.05) is 29.8 Å². The summed E-state index contributed by atoms with van der Waals surface area (Å²) in [6.45, 7) is 3.43. The van der Waals surface area contributed by atoms with Crippen LogP contribution in [0, 0.1) is 0 Å². The third-order valence-corrected chi connectivity index (χ3v) is 6.32. The van der Waals surface area contributed by atoms with Crippen LogP contribution in [-0.2, 0) is 9.59 Å². The number of carbonyl (C=O) groups excluding carboxylic acids is 2. The molecule has 9 heteroatoms. The van der Waals surface area contributed by atoms with E-state index in [1.165, 1.54) is 31.2 Å². The Kier molecular flexibility index (Phi) is 7.26. The van der Waals surface area contributed by atoms with Gasteiger partial charge in [0.25, 0.3) is 5.91 Å². The fraction of sp³-hybridized carbons (Fsp3) is 0.222. The Morgan fingerprint density at radius 3 is 2.31 bits per heavy atom. The molecule has 3 aromatic carbocycles. The molecule has 4 rings (SSSR count). The van der Waals surface area contributed by atoms with Crippen LogP contribution in [0.25, 0.3) is 0 Å². The van der Waals surface area contributed by atoms with Gasteiger partial charge in [-0.15, -0.1) is 0 Å². The van der Waals surface area contributed by atoms with Gasteiger partial charge in [0.15, 0.2) is 0 Å². The average molecular weight is 511 g/mol. The van der Waals surface area contributed by atoms with Crippen LogP contribution in [0.15, 0.2) is 72.8 Å². The highest BCUT2D eigenvalue weighted by atomic mass is 35.5. The molecule has 7 nitrogen and oxygen atoms in total. The normalized spacial score (nSPS) is 17.6. The van der Waals surface area contributed by atoms with Crippen molar-refractivity contribution in [2.45, 2.75) is 38.7 Å². The van der Waals surface area contributed by atoms with Crippen LogP contribution in [0.5, 0.6) is 5.75 Å². The Morgan fingerprint density at radius 2 is 1.69 bits per heavy atom. The molecule has 0 fully saturated rings. The van der Waals surface area contributed by atoms with Crippen LogP contribution in [0.1, 0.15) is 42.2 Å². The quantitative estimate of drug-likeness (QED) is 0.464. The molecule has 0 saturated carbocycles. The number of benzene rings is 3. The second-order valence-corrected chi connectivity index (χ2v) is 8.93. The van der Waals surface area contributed by atoms with E-state index in [1.807, 2.05) is 31.2 Å². The first kappa shape index (κ1) is 25.2. The summed E-state index contributed by atoms with van der Waals surface area (Å²) in [6.07, 6.45) is -2.00. The van der Waals surface area contributed by atoms with Crippen LogP contribution in [0.4, 0.5) is 15.8 Å². The van der Waals surface area contributed by atoms with Crippen molar-refractivity contribution >= 4 is 40.8 Å². The summed E-state index contributed by atoms with van der Waals surface area (Å²) in [6, 6.07) is 19.6. The lowest BCUT2D eigenvalue weighted by atomic mass is 9.89. The number of ether oxygens (including phenoxy) is 1. The van der Waals surface area contributed by atoms with E-state index >= 15 is 0 Å². The largest absolute Gasteiger partial charge is 0.476 e. The predicted octanol–water partition coefficient (Wildman–Crippen LogP) is 5.63. The summed E-state index contributed by atoms with van der Waals surface area (Å²) >= 11 is 6.05. The van der Waals surface area contributed by atoms with Gasteiger partial charge in [-0.25, -0.2) is 4.79 Å². The smallest absolute Gasteiger partial charge is 0.378 e. The van der Waals surface area contributed by atoms with Crippen molar-refractivity contribution in [2.24, 2.45) is 0 Å². The number of carboxylic acids is 1. The number of nitrogens with zero attached hydrogens (tertiary/aromatic N) is 2. The van der Waals surface area contributed by atoms with Gasteiger partial charge in [-0.2, -0.15) is 4.39 Å². The van der Waals surface area contributed by atoms with Gasteiger partial charge in [0.1, 0.15) is 5.75 Å². The fourth-order valence-electron chi connectivity index (χ4n) is 4.50. The Bertz CT molecular complexity index is 1280. The van der Waals surface area contributed by atoms with Crippen LogP contribution >= 0.6 is 11.6 Å². The maximum atomic E-state index is 13.6. The highest BCUT2D eigenvalue weighted by molar-refractivity contribution is 6.30. The summed E-state index contributed by atoms with van der Waals surface area (Å²) in [5.74, 6) is -2.15. The van der Waals surface area contributed by atoms with Crippen molar-refractivity contribution in [3.8, 4) is 5.75 Å². The molecule has 186 valence electrons. The molecule has 1 aliphatic rings. The van der Waals surface area contributed by atoms with Crippen molar-refractivity contribution in [1.82, 2.24) is 0 Å². The first-order valence-corrected chi connectivity index (χ1v) is 11.7. The van der Waals surface area contributed by atoms with Crippen molar-refractivity contribution in [2.75, 3.05) is 9.80 Å². The number of fused-ring (bicyclic) bond motifs is 1. The number of halogens is 2. The standard InChI is InChI=1S/C27H24ClFN2O5/c1-16-15-24(31(17(2)32)20-11-9-19(28)10-12-20)22-5-3-4-6-23(22)30(16)26(33)18-7-13-21(14-8-18)36-25(29)27(34)35/h3-14,16,24-25H,15H2,1-2H3,(H,34,35)/t16?,24-,25-/m1/s1. The molecule has 1 unspecified atom stereocenters. The number of para-hydroxylation sites is 1. The van der Waals surface area contributed by atoms with Gasteiger partial charge in [-0.05, 0) is 73.5 Å². The summed E-state index contributed by atoms with van der Waals surface area (Å²) < 4.78 is 18.1. The van der Waals surface area contributed by atoms with Crippen LogP contribution < -0.4 is 14.5 Å². The number of rotatable bonds is 6. The van der Waals surface area contributed by atoms with Gasteiger partial charge < -0.3 is 19.6 Å². The van der Waals surface area contributed by atoms with E-state index in [1.54, 1.807) is 34.1 Å². The SMILES string of the molecule is CC(=O)N(c1ccc(Cl)cc1)[C@@H]1CC(C)N(C(=O)c2ccc(O[C@@H](F)C(=O)O)cc2)c2ccccc21. The zero-order valence-electron chi connectivity index (χ0n) is 19.6. The molecule has 1 N–H and O–H groups in total. The maximum Gasteiger partial charge on any atom is 0.378 e. The first-order chi connectivity index (χ1) is 17.2. The molecule has 2 amide bonds. The van der Waals surface area contributed by atoms with Gasteiger partial charge in [0.05, 0.1) is 6.04 Å². The molecule has 1 aliphatic heterocycles. The fourth-order valence-corrected chi connectivity index (χ4v) is 4.63. The number of hydrogen-bond acceptors (Lipinski definition) is 4. The molecule has 0 saturated heterocycles. The van der Waals surface area contributed by atoms with E-state index in [2.05, 4.69) is 0 Å². The number of carboxylic acid groups (broad SMARTS) is 1. The van der Waals surface area contributed by atoms with Crippen molar-refractivity contribution in [3.05, 3.63) is 88.9 Å². The number of carbonyl (C=O) groups is 3. The minimum absolute atomic E-state index is 0.00586. The van der Waals surface area contributed by atoms with Crippen molar-refractivity contribution in [1.29, 1.82) is 0 Å². The summed E-state index contributed by atoms with van der Waals surface area (Å²) in [5.41, 5.74) is 2.55. The molecular weight excluding hydrogens is 487 g/mol. The zero-order chi connectivity index (χ0) is 26.0. The Balaban J connectivity index is 1.66. The number of hydrogen-bond donors (Lipinski definition) is 1. The number of aliphatic carboxylic acids is 1. The maximum absolute atomic E-state index is 13.6. The Labute approximate surface area is 212 Å². The Hall–Kier alpha value is -3.91. The van der Waals surface area contributed by atoms with Crippen LogP contribution in [0.2, 0.25) is 5.02 Å². The highest BCUT2D eigenvalue weighted by Crippen LogP contribution is 2.43. The summed E-state index contributed by atoms with van der Waals surface area (Å²) in [5, 5.41) is 9.23.